The molecule has 130 valence electrons. The third-order valence-corrected chi connectivity index (χ3v) is 4.99. The van der Waals surface area contributed by atoms with Crippen molar-refractivity contribution >= 4 is 23.2 Å². The van der Waals surface area contributed by atoms with Crippen molar-refractivity contribution in [3.8, 4) is 0 Å². The SMILES string of the molecule is CC(=O)Nc1ccc(C(F)(F)F)cc1NC(=O)[C@@H]1C[C@H]2CC[C@H]1C2. The van der Waals surface area contributed by atoms with Gasteiger partial charge in [-0.3, -0.25) is 9.59 Å². The molecule has 3 rings (SSSR count). The van der Waals surface area contributed by atoms with Crippen LogP contribution in [0.2, 0.25) is 0 Å². The maximum absolute atomic E-state index is 12.9. The number of amides is 2. The molecule has 2 aliphatic carbocycles. The lowest BCUT2D eigenvalue weighted by Gasteiger charge is -2.22. The van der Waals surface area contributed by atoms with Crippen LogP contribution in [0.3, 0.4) is 0 Å². The highest BCUT2D eigenvalue weighted by molar-refractivity contribution is 6.00. The first-order valence-corrected chi connectivity index (χ1v) is 8.03. The molecule has 0 radical (unpaired) electrons. The number of nitrogens with one attached hydrogen (secondary N) is 2. The molecule has 4 nitrogen and oxygen atoms in total. The Balaban J connectivity index is 1.83. The van der Waals surface area contributed by atoms with E-state index in [0.717, 1.165) is 37.8 Å². The zero-order valence-corrected chi connectivity index (χ0v) is 13.2. The van der Waals surface area contributed by atoms with Crippen molar-refractivity contribution in [1.29, 1.82) is 0 Å². The van der Waals surface area contributed by atoms with Crippen molar-refractivity contribution in [2.24, 2.45) is 17.8 Å². The standard InChI is InChI=1S/C17H19F3N2O2/c1-9(23)21-14-5-4-12(17(18,19)20)8-15(14)22-16(24)13-7-10-2-3-11(13)6-10/h4-5,8,10-11,13H,2-3,6-7H2,1H3,(H,21,23)(H,22,24)/t10-,11-,13+/m0/s1. The maximum atomic E-state index is 12.9. The molecule has 0 spiro atoms. The molecule has 2 bridgehead atoms. The number of alkyl halides is 3. The van der Waals surface area contributed by atoms with Gasteiger partial charge in [-0.15, -0.1) is 0 Å². The Hall–Kier alpha value is -2.05. The second kappa shape index (κ2) is 6.11. The molecule has 1 aromatic rings. The van der Waals surface area contributed by atoms with Crippen LogP contribution in [0.5, 0.6) is 0 Å². The summed E-state index contributed by atoms with van der Waals surface area (Å²) in [7, 11) is 0. The minimum Gasteiger partial charge on any atom is -0.325 e. The van der Waals surface area contributed by atoms with Crippen molar-refractivity contribution in [2.45, 2.75) is 38.8 Å². The summed E-state index contributed by atoms with van der Waals surface area (Å²) in [6.45, 7) is 1.26. The molecule has 0 unspecified atom stereocenters. The molecule has 2 fully saturated rings. The van der Waals surface area contributed by atoms with Gasteiger partial charge in [0.05, 0.1) is 16.9 Å². The van der Waals surface area contributed by atoms with Crippen LogP contribution in [0.4, 0.5) is 24.5 Å². The fourth-order valence-corrected chi connectivity index (χ4v) is 3.91. The zero-order valence-electron chi connectivity index (χ0n) is 13.2. The Morgan fingerprint density at radius 3 is 2.38 bits per heavy atom. The predicted molar refractivity (Wildman–Crippen MR) is 83.3 cm³/mol. The minimum atomic E-state index is -4.51. The van der Waals surface area contributed by atoms with Gasteiger partial charge in [0.1, 0.15) is 0 Å². The molecule has 2 amide bonds. The number of hydrogen-bond acceptors (Lipinski definition) is 2. The summed E-state index contributed by atoms with van der Waals surface area (Å²) in [6, 6.07) is 2.93. The van der Waals surface area contributed by atoms with Crippen LogP contribution in [0.25, 0.3) is 0 Å². The van der Waals surface area contributed by atoms with E-state index in [9.17, 15) is 22.8 Å². The van der Waals surface area contributed by atoms with Gasteiger partial charge in [0.25, 0.3) is 0 Å². The fourth-order valence-electron chi connectivity index (χ4n) is 3.91. The molecule has 0 saturated heterocycles. The van der Waals surface area contributed by atoms with Crippen LogP contribution in [0.1, 0.15) is 38.2 Å². The Labute approximate surface area is 137 Å². The highest BCUT2D eigenvalue weighted by atomic mass is 19.4. The summed E-state index contributed by atoms with van der Waals surface area (Å²) in [5.41, 5.74) is -0.695. The summed E-state index contributed by atoms with van der Waals surface area (Å²) < 4.78 is 38.8. The van der Waals surface area contributed by atoms with Gasteiger partial charge >= 0.3 is 6.18 Å². The zero-order chi connectivity index (χ0) is 17.5. The number of carbonyl (C=O) groups excluding carboxylic acids is 2. The number of hydrogen-bond donors (Lipinski definition) is 2. The van der Waals surface area contributed by atoms with E-state index in [1.165, 1.54) is 13.0 Å². The van der Waals surface area contributed by atoms with Crippen molar-refractivity contribution in [3.63, 3.8) is 0 Å². The van der Waals surface area contributed by atoms with Gasteiger partial charge in [0, 0.05) is 12.8 Å². The summed E-state index contributed by atoms with van der Waals surface area (Å²) >= 11 is 0. The van der Waals surface area contributed by atoms with Crippen molar-refractivity contribution < 1.29 is 22.8 Å². The predicted octanol–water partition coefficient (Wildman–Crippen LogP) is 4.04. The van der Waals surface area contributed by atoms with Crippen LogP contribution in [-0.2, 0) is 15.8 Å². The quantitative estimate of drug-likeness (QED) is 0.872. The third kappa shape index (κ3) is 3.39. The van der Waals surface area contributed by atoms with Gasteiger partial charge in [0.15, 0.2) is 0 Å². The van der Waals surface area contributed by atoms with Crippen molar-refractivity contribution in [3.05, 3.63) is 23.8 Å². The maximum Gasteiger partial charge on any atom is 0.416 e. The number of fused-ring (bicyclic) bond motifs is 2. The van der Waals surface area contributed by atoms with Crippen LogP contribution >= 0.6 is 0 Å². The average Bonchev–Trinajstić information content (AvgIpc) is 3.10. The van der Waals surface area contributed by atoms with Gasteiger partial charge in [0.2, 0.25) is 11.8 Å². The Bertz CT molecular complexity index is 672. The van der Waals surface area contributed by atoms with Crippen molar-refractivity contribution in [1.82, 2.24) is 0 Å². The lowest BCUT2D eigenvalue weighted by molar-refractivity contribution is -0.137. The highest BCUT2D eigenvalue weighted by Crippen LogP contribution is 2.48. The molecule has 0 aliphatic heterocycles. The second-order valence-electron chi connectivity index (χ2n) is 6.71. The molecule has 7 heteroatoms. The Kier molecular flexibility index (Phi) is 4.27. The summed E-state index contributed by atoms with van der Waals surface area (Å²) in [5, 5.41) is 5.06. The average molecular weight is 340 g/mol. The highest BCUT2D eigenvalue weighted by Gasteiger charge is 2.43. The van der Waals surface area contributed by atoms with Gasteiger partial charge in [-0.05, 0) is 49.3 Å². The van der Waals surface area contributed by atoms with Crippen LogP contribution in [0, 0.1) is 17.8 Å². The molecule has 24 heavy (non-hydrogen) atoms. The molecule has 0 aromatic heterocycles. The number of rotatable bonds is 3. The lowest BCUT2D eigenvalue weighted by atomic mass is 9.88. The lowest BCUT2D eigenvalue weighted by Crippen LogP contribution is -2.28. The first-order valence-electron chi connectivity index (χ1n) is 8.03. The number of benzene rings is 1. The molecular weight excluding hydrogens is 321 g/mol. The Morgan fingerprint density at radius 2 is 1.83 bits per heavy atom. The first kappa shape index (κ1) is 16.8. The van der Waals surface area contributed by atoms with E-state index in [0.29, 0.717) is 11.8 Å². The second-order valence-corrected chi connectivity index (χ2v) is 6.71. The van der Waals surface area contributed by atoms with E-state index in [1.54, 1.807) is 0 Å². The summed E-state index contributed by atoms with van der Waals surface area (Å²) in [5.74, 6) is 0.0638. The van der Waals surface area contributed by atoms with Crippen LogP contribution in [0.15, 0.2) is 18.2 Å². The van der Waals surface area contributed by atoms with E-state index >= 15 is 0 Å². The smallest absolute Gasteiger partial charge is 0.325 e. The molecule has 2 N–H and O–H groups in total. The Morgan fingerprint density at radius 1 is 1.08 bits per heavy atom. The van der Waals surface area contributed by atoms with Gasteiger partial charge in [-0.2, -0.15) is 13.2 Å². The van der Waals surface area contributed by atoms with E-state index in [4.69, 9.17) is 0 Å². The molecule has 1 aromatic carbocycles. The van der Waals surface area contributed by atoms with Crippen molar-refractivity contribution in [2.75, 3.05) is 10.6 Å². The third-order valence-electron chi connectivity index (χ3n) is 4.99. The summed E-state index contributed by atoms with van der Waals surface area (Å²) in [4.78, 5) is 23.7. The first-order chi connectivity index (χ1) is 11.2. The number of anilines is 2. The number of carbonyl (C=O) groups is 2. The topological polar surface area (TPSA) is 58.2 Å². The van der Waals surface area contributed by atoms with E-state index in [2.05, 4.69) is 10.6 Å². The molecule has 2 saturated carbocycles. The monoisotopic (exact) mass is 340 g/mol. The minimum absolute atomic E-state index is 0.00667. The van der Waals surface area contributed by atoms with Crippen LogP contribution < -0.4 is 10.6 Å². The fraction of sp³-hybridized carbons (Fsp3) is 0.529. The van der Waals surface area contributed by atoms with Gasteiger partial charge in [-0.25, -0.2) is 0 Å². The van der Waals surface area contributed by atoms with E-state index in [1.807, 2.05) is 0 Å². The summed E-state index contributed by atoms with van der Waals surface area (Å²) in [6.07, 6.45) is -0.552. The normalized spacial score (nSPS) is 25.6. The molecule has 3 atom stereocenters. The van der Waals surface area contributed by atoms with Crippen LogP contribution in [-0.4, -0.2) is 11.8 Å². The largest absolute Gasteiger partial charge is 0.416 e. The van der Waals surface area contributed by atoms with E-state index < -0.39 is 17.6 Å². The molecule has 0 heterocycles. The van der Waals surface area contributed by atoms with Gasteiger partial charge in [-0.1, -0.05) is 6.42 Å². The van der Waals surface area contributed by atoms with E-state index in [-0.39, 0.29) is 23.2 Å². The van der Waals surface area contributed by atoms with Gasteiger partial charge < -0.3 is 10.6 Å². The molecule has 2 aliphatic rings. The number of halogens is 3. The molecular formula is C17H19F3N2O2.